The van der Waals surface area contributed by atoms with E-state index >= 15 is 0 Å². The predicted molar refractivity (Wildman–Crippen MR) is 101 cm³/mol. The number of aryl methyl sites for hydroxylation is 2. The van der Waals surface area contributed by atoms with E-state index < -0.39 is 8.07 Å². The number of hydrogen-bond acceptors (Lipinski definition) is 2. The minimum atomic E-state index is -0.998. The summed E-state index contributed by atoms with van der Waals surface area (Å²) in [5.41, 5.74) is 2.82. The van der Waals surface area contributed by atoms with E-state index in [0.717, 1.165) is 25.2 Å². The lowest BCUT2D eigenvalue weighted by Gasteiger charge is -2.28. The van der Waals surface area contributed by atoms with E-state index in [9.17, 15) is 0 Å². The third kappa shape index (κ3) is 5.35. The van der Waals surface area contributed by atoms with Crippen LogP contribution in [0, 0.1) is 0 Å². The van der Waals surface area contributed by atoms with E-state index in [-0.39, 0.29) is 0 Å². The zero-order valence-corrected chi connectivity index (χ0v) is 16.5. The van der Waals surface area contributed by atoms with Gasteiger partial charge in [-0.3, -0.25) is 0 Å². The highest BCUT2D eigenvalue weighted by Crippen LogP contribution is 2.29. The Hall–Kier alpha value is -0.803. The molecule has 1 heterocycles. The lowest BCUT2D eigenvalue weighted by atomic mass is 10.0. The molecule has 3 heteroatoms. The fourth-order valence-electron chi connectivity index (χ4n) is 3.47. The molecule has 130 valence electrons. The van der Waals surface area contributed by atoms with Crippen LogP contribution in [-0.4, -0.2) is 27.4 Å². The fourth-order valence-corrected chi connectivity index (χ4v) is 6.96. The summed E-state index contributed by atoms with van der Waals surface area (Å²) in [6, 6.07) is 12.5. The van der Waals surface area contributed by atoms with Gasteiger partial charge >= 0.3 is 0 Å². The Morgan fingerprint density at radius 1 is 1.13 bits per heavy atom. The maximum absolute atomic E-state index is 6.01. The van der Waals surface area contributed by atoms with Crippen LogP contribution in [-0.2, 0) is 17.6 Å². The van der Waals surface area contributed by atoms with Crippen molar-refractivity contribution in [1.82, 2.24) is 0 Å². The molecule has 0 bridgehead atoms. The number of epoxide rings is 1. The molecule has 1 saturated heterocycles. The van der Waals surface area contributed by atoms with Gasteiger partial charge in [0.25, 0.3) is 0 Å². The Morgan fingerprint density at radius 3 is 2.39 bits per heavy atom. The molecule has 0 radical (unpaired) electrons. The Morgan fingerprint density at radius 2 is 1.83 bits per heavy atom. The molecule has 23 heavy (non-hydrogen) atoms. The highest BCUT2D eigenvalue weighted by Gasteiger charge is 2.26. The van der Waals surface area contributed by atoms with Crippen LogP contribution in [0.2, 0.25) is 24.2 Å². The molecule has 1 unspecified atom stereocenters. The first kappa shape index (κ1) is 18.5. The van der Waals surface area contributed by atoms with Crippen molar-refractivity contribution in [2.75, 3.05) is 13.2 Å². The molecule has 1 aromatic rings. The van der Waals surface area contributed by atoms with Gasteiger partial charge in [0.2, 0.25) is 0 Å². The van der Waals surface area contributed by atoms with E-state index in [2.05, 4.69) is 45.9 Å². The molecule has 1 atom stereocenters. The molecule has 0 spiro atoms. The Labute approximate surface area is 143 Å². The van der Waals surface area contributed by atoms with Gasteiger partial charge in [-0.2, -0.15) is 0 Å². The van der Waals surface area contributed by atoms with Crippen molar-refractivity contribution >= 4 is 8.07 Å². The molecule has 1 fully saturated rings. The van der Waals surface area contributed by atoms with Crippen LogP contribution in [0.5, 0.6) is 5.75 Å². The van der Waals surface area contributed by atoms with Crippen molar-refractivity contribution < 1.29 is 9.47 Å². The summed E-state index contributed by atoms with van der Waals surface area (Å²) in [4.78, 5) is 0. The second kappa shape index (κ2) is 8.88. The Kier molecular flexibility index (Phi) is 7.16. The SMILES string of the molecule is CCc1ccc(OCC2CO2)c(CCC[Si](CC)(CC)CC)c1. The fraction of sp³-hybridized carbons (Fsp3) is 0.700. The maximum atomic E-state index is 6.01. The van der Waals surface area contributed by atoms with Crippen LogP contribution in [0.3, 0.4) is 0 Å². The van der Waals surface area contributed by atoms with Crippen molar-refractivity contribution in [2.24, 2.45) is 0 Å². The van der Waals surface area contributed by atoms with Gasteiger partial charge in [0.1, 0.15) is 18.5 Å². The van der Waals surface area contributed by atoms with E-state index in [1.807, 2.05) is 0 Å². The first-order valence-corrected chi connectivity index (χ1v) is 12.3. The number of rotatable bonds is 11. The molecule has 2 nitrogen and oxygen atoms in total. The molecular weight excluding hydrogens is 300 g/mol. The zero-order chi connectivity index (χ0) is 16.7. The minimum absolute atomic E-state index is 0.328. The second-order valence-corrected chi connectivity index (χ2v) is 12.6. The molecule has 0 aliphatic carbocycles. The average Bonchev–Trinajstić information content (AvgIpc) is 3.42. The van der Waals surface area contributed by atoms with Gasteiger partial charge in [0.15, 0.2) is 0 Å². The van der Waals surface area contributed by atoms with Gasteiger partial charge in [0, 0.05) is 0 Å². The monoisotopic (exact) mass is 334 g/mol. The summed E-state index contributed by atoms with van der Waals surface area (Å²) in [5, 5.41) is 0. The van der Waals surface area contributed by atoms with Crippen LogP contribution in [0.15, 0.2) is 18.2 Å². The van der Waals surface area contributed by atoms with Crippen LogP contribution >= 0.6 is 0 Å². The number of benzene rings is 1. The van der Waals surface area contributed by atoms with Gasteiger partial charge < -0.3 is 9.47 Å². The van der Waals surface area contributed by atoms with Gasteiger partial charge in [0.05, 0.1) is 14.7 Å². The molecule has 0 aromatic heterocycles. The van der Waals surface area contributed by atoms with E-state index in [0.29, 0.717) is 12.7 Å². The minimum Gasteiger partial charge on any atom is -0.491 e. The molecular formula is C20H34O2Si. The average molecular weight is 335 g/mol. The van der Waals surface area contributed by atoms with Gasteiger partial charge in [-0.05, 0) is 30.0 Å². The van der Waals surface area contributed by atoms with Crippen molar-refractivity contribution in [3.8, 4) is 5.75 Å². The summed E-state index contributed by atoms with van der Waals surface area (Å²) < 4.78 is 11.3. The molecule has 0 saturated carbocycles. The summed E-state index contributed by atoms with van der Waals surface area (Å²) in [7, 11) is -0.998. The quantitative estimate of drug-likeness (QED) is 0.395. The number of hydrogen-bond donors (Lipinski definition) is 0. The first-order valence-electron chi connectivity index (χ1n) is 9.52. The smallest absolute Gasteiger partial charge is 0.122 e. The Balaban J connectivity index is 1.98. The van der Waals surface area contributed by atoms with Crippen molar-refractivity contribution in [2.45, 2.75) is 77.2 Å². The predicted octanol–water partition coefficient (Wildman–Crippen LogP) is 5.47. The van der Waals surface area contributed by atoms with Gasteiger partial charge in [-0.15, -0.1) is 0 Å². The zero-order valence-electron chi connectivity index (χ0n) is 15.5. The molecule has 2 rings (SSSR count). The van der Waals surface area contributed by atoms with Crippen molar-refractivity contribution in [3.05, 3.63) is 29.3 Å². The summed E-state index contributed by atoms with van der Waals surface area (Å²) >= 11 is 0. The standard InChI is InChI=1S/C20H34O2Si/c1-5-17-11-12-20(22-16-19-15-21-19)18(14-17)10-9-13-23(6-2,7-3)8-4/h11-12,14,19H,5-10,13,15-16H2,1-4H3. The van der Waals surface area contributed by atoms with E-state index in [1.54, 1.807) is 0 Å². The largest absolute Gasteiger partial charge is 0.491 e. The second-order valence-electron chi connectivity index (χ2n) is 6.98. The normalized spacial score (nSPS) is 17.3. The van der Waals surface area contributed by atoms with Crippen molar-refractivity contribution in [3.63, 3.8) is 0 Å². The molecule has 0 N–H and O–H groups in total. The Bertz CT molecular complexity index is 470. The van der Waals surface area contributed by atoms with Gasteiger partial charge in [-0.1, -0.05) is 70.4 Å². The van der Waals surface area contributed by atoms with Crippen LogP contribution in [0.1, 0.15) is 45.2 Å². The third-order valence-corrected chi connectivity index (χ3v) is 11.7. The molecule has 1 aromatic carbocycles. The third-order valence-electron chi connectivity index (χ3n) is 5.76. The lowest BCUT2D eigenvalue weighted by Crippen LogP contribution is -2.30. The van der Waals surface area contributed by atoms with E-state index in [1.165, 1.54) is 41.7 Å². The number of ether oxygens (including phenoxy) is 2. The van der Waals surface area contributed by atoms with Crippen LogP contribution in [0.25, 0.3) is 0 Å². The summed E-state index contributed by atoms with van der Waals surface area (Å²) in [6.45, 7) is 11.0. The topological polar surface area (TPSA) is 21.8 Å². The molecule has 1 aliphatic heterocycles. The van der Waals surface area contributed by atoms with Gasteiger partial charge in [-0.25, -0.2) is 0 Å². The first-order chi connectivity index (χ1) is 11.2. The highest BCUT2D eigenvalue weighted by atomic mass is 28.3. The molecule has 1 aliphatic rings. The van der Waals surface area contributed by atoms with Crippen molar-refractivity contribution in [1.29, 1.82) is 0 Å². The van der Waals surface area contributed by atoms with Crippen LogP contribution < -0.4 is 4.74 Å². The van der Waals surface area contributed by atoms with E-state index in [4.69, 9.17) is 9.47 Å². The highest BCUT2D eigenvalue weighted by molar-refractivity contribution is 6.79. The maximum Gasteiger partial charge on any atom is 0.122 e. The summed E-state index contributed by atoms with van der Waals surface area (Å²) in [5.74, 6) is 1.08. The molecule has 0 amide bonds. The van der Waals surface area contributed by atoms with Crippen LogP contribution in [0.4, 0.5) is 0 Å². The lowest BCUT2D eigenvalue weighted by molar-refractivity contribution is 0.261. The summed E-state index contributed by atoms with van der Waals surface area (Å²) in [6.07, 6.45) is 3.89.